The van der Waals surface area contributed by atoms with Crippen molar-refractivity contribution in [1.29, 1.82) is 5.26 Å². The number of hydrogen-bond acceptors (Lipinski definition) is 5. The fourth-order valence-corrected chi connectivity index (χ4v) is 5.81. The summed E-state index contributed by atoms with van der Waals surface area (Å²) in [4.78, 5) is 28.7. The van der Waals surface area contributed by atoms with E-state index in [9.17, 15) is 23.6 Å². The highest BCUT2D eigenvalue weighted by Gasteiger charge is 2.41. The highest BCUT2D eigenvalue weighted by Crippen LogP contribution is 2.34. The first-order valence-corrected chi connectivity index (χ1v) is 12.4. The maximum absolute atomic E-state index is 13.7. The van der Waals surface area contributed by atoms with E-state index in [4.69, 9.17) is 4.74 Å². The van der Waals surface area contributed by atoms with Gasteiger partial charge in [-0.15, -0.1) is 0 Å². The molecule has 2 unspecified atom stereocenters. The minimum atomic E-state index is -1.04. The summed E-state index contributed by atoms with van der Waals surface area (Å²) in [6, 6.07) is 12.3. The van der Waals surface area contributed by atoms with Crippen LogP contribution in [0.4, 0.5) is 18.4 Å². The second kappa shape index (κ2) is 10.2. The topological polar surface area (TPSA) is 85.7 Å². The van der Waals surface area contributed by atoms with Crippen LogP contribution in [0.15, 0.2) is 42.5 Å². The van der Waals surface area contributed by atoms with E-state index in [1.807, 2.05) is 18.2 Å². The van der Waals surface area contributed by atoms with Gasteiger partial charge in [0.15, 0.2) is 11.6 Å². The van der Waals surface area contributed by atoms with E-state index < -0.39 is 29.8 Å². The number of nitriles is 1. The van der Waals surface area contributed by atoms with Crippen molar-refractivity contribution in [2.45, 2.75) is 56.1 Å². The highest BCUT2D eigenvalue weighted by molar-refractivity contribution is 5.92. The maximum atomic E-state index is 13.7. The molecule has 0 spiro atoms. The fraction of sp³-hybridized carbons (Fsp3) is 0.444. The number of imide groups is 1. The van der Waals surface area contributed by atoms with E-state index in [0.717, 1.165) is 73.4 Å². The van der Waals surface area contributed by atoms with Crippen molar-refractivity contribution >= 4 is 12.1 Å². The van der Waals surface area contributed by atoms with Crippen LogP contribution in [0.25, 0.3) is 0 Å². The third-order valence-electron chi connectivity index (χ3n) is 7.72. The number of benzene rings is 2. The lowest BCUT2D eigenvalue weighted by atomic mass is 9.86. The molecule has 2 heterocycles. The van der Waals surface area contributed by atoms with Crippen molar-refractivity contribution in [3.05, 3.63) is 70.8 Å². The van der Waals surface area contributed by atoms with Crippen molar-refractivity contribution in [3.8, 4) is 6.07 Å². The van der Waals surface area contributed by atoms with Crippen molar-refractivity contribution < 1.29 is 23.1 Å². The Morgan fingerprint density at radius 2 is 1.83 bits per heavy atom. The van der Waals surface area contributed by atoms with Gasteiger partial charge in [-0.3, -0.25) is 0 Å². The Balaban J connectivity index is 1.16. The number of cyclic esters (lactones) is 1. The van der Waals surface area contributed by atoms with E-state index in [-0.39, 0.29) is 12.6 Å². The first-order valence-electron chi connectivity index (χ1n) is 12.4. The average Bonchev–Trinajstić information content (AvgIpc) is 3.52. The predicted octanol–water partition coefficient (Wildman–Crippen LogP) is 4.84. The summed E-state index contributed by atoms with van der Waals surface area (Å²) >= 11 is 0. The van der Waals surface area contributed by atoms with Gasteiger partial charge < -0.3 is 15.0 Å². The van der Waals surface area contributed by atoms with Crippen molar-refractivity contribution in [1.82, 2.24) is 15.1 Å². The molecule has 0 bridgehead atoms. The normalized spacial score (nSPS) is 25.0. The van der Waals surface area contributed by atoms with E-state index in [0.29, 0.717) is 17.5 Å². The minimum absolute atomic E-state index is 0.0847. The van der Waals surface area contributed by atoms with Crippen LogP contribution in [0, 0.1) is 23.0 Å². The number of piperidine rings is 1. The summed E-state index contributed by atoms with van der Waals surface area (Å²) in [5.74, 6) is -1.65. The zero-order chi connectivity index (χ0) is 25.2. The molecule has 36 heavy (non-hydrogen) atoms. The van der Waals surface area contributed by atoms with Crippen LogP contribution in [0.1, 0.15) is 60.8 Å². The lowest BCUT2D eigenvalue weighted by Crippen LogP contribution is -2.46. The fourth-order valence-electron chi connectivity index (χ4n) is 5.81. The molecular weight excluding hydrogens is 466 g/mol. The van der Waals surface area contributed by atoms with Gasteiger partial charge >= 0.3 is 12.1 Å². The van der Waals surface area contributed by atoms with E-state index in [1.165, 1.54) is 6.07 Å². The third-order valence-corrected chi connectivity index (χ3v) is 7.72. The Labute approximate surface area is 208 Å². The summed E-state index contributed by atoms with van der Waals surface area (Å²) < 4.78 is 32.1. The molecule has 3 fully saturated rings. The number of amides is 3. The lowest BCUT2D eigenvalue weighted by Gasteiger charge is -2.36. The molecule has 7 nitrogen and oxygen atoms in total. The van der Waals surface area contributed by atoms with Gasteiger partial charge in [0.2, 0.25) is 0 Å². The SMILES string of the molecule is N#Cc1ccccc1C1CCN(C2CC[C@H](NC(=O)N3C(=O)OCC3c3ccc(F)c(F)c3)C2)CC1. The Morgan fingerprint density at radius 3 is 2.58 bits per heavy atom. The number of hydrogen-bond donors (Lipinski definition) is 1. The molecule has 188 valence electrons. The number of nitrogens with zero attached hydrogens (tertiary/aromatic N) is 3. The van der Waals surface area contributed by atoms with E-state index >= 15 is 0 Å². The quantitative estimate of drug-likeness (QED) is 0.658. The second-order valence-electron chi connectivity index (χ2n) is 9.76. The van der Waals surface area contributed by atoms with Gasteiger partial charge in [-0.2, -0.15) is 5.26 Å². The van der Waals surface area contributed by atoms with Gasteiger partial charge in [-0.1, -0.05) is 24.3 Å². The zero-order valence-corrected chi connectivity index (χ0v) is 19.8. The Morgan fingerprint density at radius 1 is 1.06 bits per heavy atom. The zero-order valence-electron chi connectivity index (χ0n) is 19.8. The molecule has 5 rings (SSSR count). The smallest absolute Gasteiger partial charge is 0.418 e. The molecule has 0 aromatic heterocycles. The maximum Gasteiger partial charge on any atom is 0.418 e. The summed E-state index contributed by atoms with van der Waals surface area (Å²) in [5.41, 5.74) is 2.19. The van der Waals surface area contributed by atoms with Gasteiger partial charge in [0, 0.05) is 12.1 Å². The molecule has 1 aliphatic carbocycles. The molecule has 0 radical (unpaired) electrons. The highest BCUT2D eigenvalue weighted by atomic mass is 19.2. The molecule has 3 atom stereocenters. The number of halogens is 2. The number of ether oxygens (including phenoxy) is 1. The Bertz CT molecular complexity index is 1190. The largest absolute Gasteiger partial charge is 0.446 e. The summed E-state index contributed by atoms with van der Waals surface area (Å²) in [6.07, 6.45) is 3.71. The Hall–Kier alpha value is -3.51. The molecule has 1 N–H and O–H groups in total. The van der Waals surface area contributed by atoms with Crippen molar-refractivity contribution in [2.24, 2.45) is 0 Å². The second-order valence-corrected chi connectivity index (χ2v) is 9.76. The number of urea groups is 1. The van der Waals surface area contributed by atoms with Crippen LogP contribution in [-0.2, 0) is 4.74 Å². The van der Waals surface area contributed by atoms with Crippen molar-refractivity contribution in [2.75, 3.05) is 19.7 Å². The van der Waals surface area contributed by atoms with Gasteiger partial charge in [0.05, 0.1) is 11.6 Å². The van der Waals surface area contributed by atoms with Crippen LogP contribution in [0.5, 0.6) is 0 Å². The Kier molecular flexibility index (Phi) is 6.88. The first-order chi connectivity index (χ1) is 17.4. The van der Waals surface area contributed by atoms with Crippen molar-refractivity contribution in [3.63, 3.8) is 0 Å². The van der Waals surface area contributed by atoms with Crippen LogP contribution in [-0.4, -0.2) is 53.7 Å². The summed E-state index contributed by atoms with van der Waals surface area (Å²) in [6.45, 7) is 1.77. The number of likely N-dealkylation sites (tertiary alicyclic amines) is 1. The molecule has 2 aromatic rings. The number of carbonyl (C=O) groups is 2. The first kappa shape index (κ1) is 24.2. The van der Waals surface area contributed by atoms with Crippen LogP contribution in [0.2, 0.25) is 0 Å². The summed E-state index contributed by atoms with van der Waals surface area (Å²) in [7, 11) is 0. The number of carbonyl (C=O) groups excluding carboxylic acids is 2. The predicted molar refractivity (Wildman–Crippen MR) is 127 cm³/mol. The number of rotatable bonds is 4. The molecule has 9 heteroatoms. The van der Waals surface area contributed by atoms with E-state index in [1.54, 1.807) is 0 Å². The lowest BCUT2D eigenvalue weighted by molar-refractivity contribution is 0.150. The molecule has 2 saturated heterocycles. The number of nitrogens with one attached hydrogen (secondary N) is 1. The van der Waals surface area contributed by atoms with Crippen LogP contribution < -0.4 is 5.32 Å². The molecule has 3 amide bonds. The van der Waals surface area contributed by atoms with Crippen LogP contribution >= 0.6 is 0 Å². The van der Waals surface area contributed by atoms with Gasteiger partial charge in [-0.05, 0) is 80.4 Å². The molecule has 2 aromatic carbocycles. The molecule has 3 aliphatic rings. The van der Waals surface area contributed by atoms with E-state index in [2.05, 4.69) is 22.4 Å². The van der Waals surface area contributed by atoms with Gasteiger partial charge in [0.25, 0.3) is 0 Å². The van der Waals surface area contributed by atoms with Gasteiger partial charge in [-0.25, -0.2) is 23.3 Å². The molecular formula is C27H28F2N4O3. The minimum Gasteiger partial charge on any atom is -0.446 e. The third kappa shape index (κ3) is 4.78. The molecule has 1 saturated carbocycles. The summed E-state index contributed by atoms with van der Waals surface area (Å²) in [5, 5.41) is 12.4. The van der Waals surface area contributed by atoms with Crippen LogP contribution in [0.3, 0.4) is 0 Å². The standard InChI is InChI=1S/C27H28F2N4O3/c28-23-8-5-18(13-24(23)29)25-16-36-27(35)33(25)26(34)31-20-6-7-21(14-20)32-11-9-17(10-12-32)22-4-2-1-3-19(22)15-30/h1-5,8,13,17,20-21,25H,6-7,9-12,14,16H2,(H,31,34)/t20-,21?,25?/m0/s1. The molecule has 2 aliphatic heterocycles. The average molecular weight is 495 g/mol. The monoisotopic (exact) mass is 494 g/mol. The van der Waals surface area contributed by atoms with Gasteiger partial charge in [0.1, 0.15) is 12.6 Å².